The molecule has 0 spiro atoms. The minimum Gasteiger partial charge on any atom is -0.389 e. The van der Waals surface area contributed by atoms with Crippen LogP contribution in [0.15, 0.2) is 10.9 Å². The molecule has 14 heavy (non-hydrogen) atoms. The molecule has 0 aliphatic rings. The Labute approximate surface area is 88.1 Å². The van der Waals surface area contributed by atoms with Crippen molar-refractivity contribution in [3.63, 3.8) is 0 Å². The average Bonchev–Trinajstić information content (AvgIpc) is 2.56. The lowest BCUT2D eigenvalue weighted by Crippen LogP contribution is -2.31. The van der Waals surface area contributed by atoms with E-state index in [0.29, 0.717) is 13.2 Å². The van der Waals surface area contributed by atoms with E-state index in [2.05, 4.69) is 4.98 Å². The average molecular weight is 216 g/mol. The Morgan fingerprint density at radius 2 is 2.50 bits per heavy atom. The van der Waals surface area contributed by atoms with E-state index in [9.17, 15) is 5.11 Å². The Morgan fingerprint density at radius 3 is 3.07 bits per heavy atom. The van der Waals surface area contributed by atoms with Crippen LogP contribution in [0.3, 0.4) is 0 Å². The summed E-state index contributed by atoms with van der Waals surface area (Å²) in [6, 6.07) is 0. The number of nitrogens with zero attached hydrogens (tertiary/aromatic N) is 2. The van der Waals surface area contributed by atoms with Crippen LogP contribution in [0.2, 0.25) is 0 Å². The molecule has 0 saturated heterocycles. The fourth-order valence-electron chi connectivity index (χ4n) is 1.26. The number of ether oxygens (including phenoxy) is 1. The molecular weight excluding hydrogens is 200 g/mol. The maximum absolute atomic E-state index is 9.46. The quantitative estimate of drug-likeness (QED) is 0.755. The van der Waals surface area contributed by atoms with E-state index in [1.54, 1.807) is 18.4 Å². The minimum absolute atomic E-state index is 0.376. The van der Waals surface area contributed by atoms with Gasteiger partial charge in [0.2, 0.25) is 0 Å². The van der Waals surface area contributed by atoms with E-state index in [1.165, 1.54) is 0 Å². The molecule has 0 amide bonds. The summed E-state index contributed by atoms with van der Waals surface area (Å²) in [6.45, 7) is 1.75. The summed E-state index contributed by atoms with van der Waals surface area (Å²) >= 11 is 1.59. The van der Waals surface area contributed by atoms with Gasteiger partial charge in [-0.1, -0.05) is 0 Å². The molecule has 1 N–H and O–H groups in total. The van der Waals surface area contributed by atoms with E-state index in [1.807, 2.05) is 22.8 Å². The second-order valence-electron chi connectivity index (χ2n) is 3.29. The Bertz CT molecular complexity index is 241. The van der Waals surface area contributed by atoms with E-state index >= 15 is 0 Å². The first-order valence-electron chi connectivity index (χ1n) is 4.45. The normalized spacial score (nSPS) is 13.4. The van der Waals surface area contributed by atoms with Crippen LogP contribution in [0.1, 0.15) is 5.69 Å². The van der Waals surface area contributed by atoms with Crippen LogP contribution < -0.4 is 0 Å². The number of hydrogen-bond acceptors (Lipinski definition) is 5. The van der Waals surface area contributed by atoms with Gasteiger partial charge in [0, 0.05) is 25.6 Å². The fraction of sp³-hybridized carbons (Fsp3) is 0.667. The van der Waals surface area contributed by atoms with Gasteiger partial charge in [0.15, 0.2) is 0 Å². The van der Waals surface area contributed by atoms with Gasteiger partial charge < -0.3 is 9.84 Å². The van der Waals surface area contributed by atoms with Crippen LogP contribution in [-0.4, -0.2) is 48.4 Å². The number of aliphatic hydroxyl groups excluding tert-OH is 1. The van der Waals surface area contributed by atoms with E-state index in [-0.39, 0.29) is 0 Å². The molecule has 0 bridgehead atoms. The number of rotatable bonds is 6. The molecule has 1 heterocycles. The first-order chi connectivity index (χ1) is 6.72. The van der Waals surface area contributed by atoms with Gasteiger partial charge in [0.1, 0.15) is 0 Å². The van der Waals surface area contributed by atoms with Crippen molar-refractivity contribution in [1.82, 2.24) is 9.88 Å². The lowest BCUT2D eigenvalue weighted by molar-refractivity contribution is 0.0417. The number of thiazole rings is 1. The number of hydrogen-bond donors (Lipinski definition) is 1. The minimum atomic E-state index is -0.427. The number of methoxy groups -OCH3 is 1. The lowest BCUT2D eigenvalue weighted by Gasteiger charge is -2.18. The Kier molecular flexibility index (Phi) is 5.03. The molecule has 0 aromatic carbocycles. The van der Waals surface area contributed by atoms with Gasteiger partial charge in [0.05, 0.1) is 23.9 Å². The molecule has 0 fully saturated rings. The van der Waals surface area contributed by atoms with Gasteiger partial charge in [-0.25, -0.2) is 4.98 Å². The monoisotopic (exact) mass is 216 g/mol. The van der Waals surface area contributed by atoms with Gasteiger partial charge >= 0.3 is 0 Å². The highest BCUT2D eigenvalue weighted by Crippen LogP contribution is 2.04. The molecule has 1 aromatic rings. The Morgan fingerprint density at radius 1 is 1.71 bits per heavy atom. The topological polar surface area (TPSA) is 45.6 Å². The van der Waals surface area contributed by atoms with E-state index in [4.69, 9.17) is 4.74 Å². The summed E-state index contributed by atoms with van der Waals surface area (Å²) in [6.07, 6.45) is -0.427. The molecule has 0 aliphatic carbocycles. The molecule has 1 rings (SSSR count). The zero-order valence-corrected chi connectivity index (χ0v) is 9.33. The molecule has 5 heteroatoms. The van der Waals surface area contributed by atoms with Gasteiger partial charge in [-0.15, -0.1) is 11.3 Å². The van der Waals surface area contributed by atoms with Crippen LogP contribution in [0, 0.1) is 0 Å². The molecule has 80 valence electrons. The molecule has 1 unspecified atom stereocenters. The van der Waals surface area contributed by atoms with Crippen molar-refractivity contribution in [2.75, 3.05) is 27.3 Å². The zero-order chi connectivity index (χ0) is 10.4. The second-order valence-corrected chi connectivity index (χ2v) is 4.00. The van der Waals surface area contributed by atoms with Crippen LogP contribution in [0.5, 0.6) is 0 Å². The van der Waals surface area contributed by atoms with Crippen LogP contribution in [0.25, 0.3) is 0 Å². The van der Waals surface area contributed by atoms with Gasteiger partial charge in [-0.3, -0.25) is 4.90 Å². The smallest absolute Gasteiger partial charge is 0.0900 e. The summed E-state index contributed by atoms with van der Waals surface area (Å²) in [7, 11) is 3.54. The van der Waals surface area contributed by atoms with Crippen LogP contribution in [-0.2, 0) is 11.3 Å². The van der Waals surface area contributed by atoms with Gasteiger partial charge in [-0.2, -0.15) is 0 Å². The molecular formula is C9H16N2O2S. The molecule has 0 saturated carbocycles. The Hall–Kier alpha value is -0.490. The third-order valence-electron chi connectivity index (χ3n) is 1.80. The van der Waals surface area contributed by atoms with Crippen molar-refractivity contribution in [1.29, 1.82) is 0 Å². The standard InChI is InChI=1S/C9H16N2O2S/c1-11(4-9(12)5-13-2)3-8-6-14-7-10-8/h6-7,9,12H,3-5H2,1-2H3. The highest BCUT2D eigenvalue weighted by molar-refractivity contribution is 7.07. The van der Waals surface area contributed by atoms with Crippen molar-refractivity contribution in [2.24, 2.45) is 0 Å². The van der Waals surface area contributed by atoms with E-state index in [0.717, 1.165) is 12.2 Å². The number of likely N-dealkylation sites (N-methyl/N-ethyl adjacent to an activating group) is 1. The van der Waals surface area contributed by atoms with Crippen molar-refractivity contribution >= 4 is 11.3 Å². The lowest BCUT2D eigenvalue weighted by atomic mass is 10.3. The zero-order valence-electron chi connectivity index (χ0n) is 8.51. The summed E-state index contributed by atoms with van der Waals surface area (Å²) in [5, 5.41) is 11.5. The van der Waals surface area contributed by atoms with Crippen molar-refractivity contribution in [3.8, 4) is 0 Å². The second kappa shape index (κ2) is 6.08. The third kappa shape index (κ3) is 4.15. The van der Waals surface area contributed by atoms with Gasteiger partial charge in [0.25, 0.3) is 0 Å². The molecule has 4 nitrogen and oxygen atoms in total. The predicted molar refractivity (Wildman–Crippen MR) is 56.3 cm³/mol. The Balaban J connectivity index is 2.25. The maximum atomic E-state index is 9.46. The van der Waals surface area contributed by atoms with Gasteiger partial charge in [-0.05, 0) is 7.05 Å². The molecule has 0 aliphatic heterocycles. The maximum Gasteiger partial charge on any atom is 0.0900 e. The van der Waals surface area contributed by atoms with Crippen molar-refractivity contribution < 1.29 is 9.84 Å². The fourth-order valence-corrected chi connectivity index (χ4v) is 1.81. The number of aromatic nitrogens is 1. The first kappa shape index (κ1) is 11.6. The summed E-state index contributed by atoms with van der Waals surface area (Å²) in [4.78, 5) is 6.20. The third-order valence-corrected chi connectivity index (χ3v) is 2.43. The molecule has 1 atom stereocenters. The van der Waals surface area contributed by atoms with Crippen molar-refractivity contribution in [3.05, 3.63) is 16.6 Å². The molecule has 0 radical (unpaired) electrons. The summed E-state index contributed by atoms with van der Waals surface area (Å²) in [5.74, 6) is 0. The summed E-state index contributed by atoms with van der Waals surface area (Å²) in [5.41, 5.74) is 2.86. The SMILES string of the molecule is COCC(O)CN(C)Cc1cscn1. The highest BCUT2D eigenvalue weighted by atomic mass is 32.1. The predicted octanol–water partition coefficient (Wildman–Crippen LogP) is 0.582. The highest BCUT2D eigenvalue weighted by Gasteiger charge is 2.08. The number of aliphatic hydroxyl groups is 1. The van der Waals surface area contributed by atoms with Crippen LogP contribution >= 0.6 is 11.3 Å². The van der Waals surface area contributed by atoms with Crippen molar-refractivity contribution in [2.45, 2.75) is 12.6 Å². The van der Waals surface area contributed by atoms with Crippen LogP contribution in [0.4, 0.5) is 0 Å². The first-order valence-corrected chi connectivity index (χ1v) is 5.39. The summed E-state index contributed by atoms with van der Waals surface area (Å²) < 4.78 is 4.85. The molecule has 1 aromatic heterocycles. The largest absolute Gasteiger partial charge is 0.389 e. The van der Waals surface area contributed by atoms with E-state index < -0.39 is 6.10 Å².